The smallest absolute Gasteiger partial charge is 0.141 e. The van der Waals surface area contributed by atoms with Crippen molar-refractivity contribution in [3.8, 4) is 0 Å². The summed E-state index contributed by atoms with van der Waals surface area (Å²) >= 11 is 0. The predicted octanol–water partition coefficient (Wildman–Crippen LogP) is 6.65. The van der Waals surface area contributed by atoms with E-state index in [-0.39, 0.29) is 11.3 Å². The highest BCUT2D eigenvalue weighted by Gasteiger charge is 2.48. The summed E-state index contributed by atoms with van der Waals surface area (Å²) in [6.07, 6.45) is 7.01. The van der Waals surface area contributed by atoms with E-state index in [1.807, 2.05) is 0 Å². The van der Waals surface area contributed by atoms with Crippen molar-refractivity contribution >= 4 is 5.78 Å². The predicted molar refractivity (Wildman–Crippen MR) is 97.0 cm³/mol. The lowest BCUT2D eigenvalue weighted by Gasteiger charge is -2.54. The van der Waals surface area contributed by atoms with E-state index in [9.17, 15) is 4.79 Å². The van der Waals surface area contributed by atoms with Crippen LogP contribution in [0.5, 0.6) is 0 Å². The minimum Gasteiger partial charge on any atom is -0.299 e. The van der Waals surface area contributed by atoms with Gasteiger partial charge in [0.25, 0.3) is 0 Å². The molecule has 0 saturated heterocycles. The summed E-state index contributed by atoms with van der Waals surface area (Å²) in [6, 6.07) is 0. The number of ketones is 1. The summed E-state index contributed by atoms with van der Waals surface area (Å²) in [5.74, 6) is 0.646. The third-order valence-corrected chi connectivity index (χ3v) is 7.42. The van der Waals surface area contributed by atoms with Crippen molar-refractivity contribution in [1.82, 2.24) is 0 Å². The Bertz CT molecular complexity index is 385. The van der Waals surface area contributed by atoms with Crippen LogP contribution in [0.15, 0.2) is 0 Å². The van der Waals surface area contributed by atoms with Gasteiger partial charge >= 0.3 is 0 Å². The third kappa shape index (κ3) is 3.60. The fraction of sp³-hybridized carbons (Fsp3) is 0.952. The van der Waals surface area contributed by atoms with Crippen LogP contribution in [0, 0.1) is 27.6 Å². The van der Waals surface area contributed by atoms with Crippen molar-refractivity contribution in [2.75, 3.05) is 0 Å². The van der Waals surface area contributed by atoms with E-state index in [2.05, 4.69) is 62.3 Å². The first-order chi connectivity index (χ1) is 9.77. The van der Waals surface area contributed by atoms with E-state index in [0.29, 0.717) is 22.0 Å². The first-order valence-electron chi connectivity index (χ1n) is 9.31. The molecular formula is C21H40O. The molecule has 0 radical (unpaired) electrons. The lowest BCUT2D eigenvalue weighted by atomic mass is 9.51. The molecule has 1 aliphatic rings. The van der Waals surface area contributed by atoms with Crippen LogP contribution in [-0.4, -0.2) is 5.78 Å². The summed E-state index contributed by atoms with van der Waals surface area (Å²) in [5.41, 5.74) is 0.891. The minimum absolute atomic E-state index is 0.0820. The van der Waals surface area contributed by atoms with Crippen molar-refractivity contribution in [2.45, 2.75) is 101 Å². The SMILES string of the molecule is CC(C)C(=O)C1(C)CCCC(C)(C(C)(C)C(C)(C)C)CCC1. The Balaban J connectivity index is 2.91. The summed E-state index contributed by atoms with van der Waals surface area (Å²) in [5, 5.41) is 0. The first-order valence-corrected chi connectivity index (χ1v) is 9.31. The van der Waals surface area contributed by atoms with Gasteiger partial charge in [0.05, 0.1) is 0 Å². The van der Waals surface area contributed by atoms with Crippen LogP contribution in [0.1, 0.15) is 101 Å². The highest BCUT2D eigenvalue weighted by molar-refractivity contribution is 5.86. The number of hydrogen-bond donors (Lipinski definition) is 0. The van der Waals surface area contributed by atoms with Crippen molar-refractivity contribution in [3.63, 3.8) is 0 Å². The normalized spacial score (nSPS) is 31.7. The number of carbonyl (C=O) groups excluding carboxylic acids is 1. The lowest BCUT2D eigenvalue weighted by Crippen LogP contribution is -2.46. The Hall–Kier alpha value is -0.330. The van der Waals surface area contributed by atoms with Gasteiger partial charge in [-0.2, -0.15) is 0 Å². The van der Waals surface area contributed by atoms with E-state index in [1.165, 1.54) is 25.7 Å². The van der Waals surface area contributed by atoms with Crippen molar-refractivity contribution in [1.29, 1.82) is 0 Å². The topological polar surface area (TPSA) is 17.1 Å². The first kappa shape index (κ1) is 19.7. The standard InChI is InChI=1S/C21H40O/c1-16(2)17(22)20(8)12-10-14-21(9,15-11-13-20)19(6,7)18(3,4)5/h16H,10-15H2,1-9H3. The average Bonchev–Trinajstić information content (AvgIpc) is 2.34. The molecule has 0 spiro atoms. The molecule has 0 N–H and O–H groups in total. The molecule has 130 valence electrons. The molecule has 0 unspecified atom stereocenters. The Morgan fingerprint density at radius 1 is 0.864 bits per heavy atom. The second-order valence-corrected chi connectivity index (χ2v) is 10.2. The van der Waals surface area contributed by atoms with Gasteiger partial charge in [-0.25, -0.2) is 0 Å². The Labute approximate surface area is 139 Å². The molecular weight excluding hydrogens is 268 g/mol. The van der Waals surface area contributed by atoms with E-state index >= 15 is 0 Å². The molecule has 1 saturated carbocycles. The number of Topliss-reactive ketones (excluding diaryl/α,β-unsaturated/α-hetero) is 1. The zero-order valence-corrected chi connectivity index (χ0v) is 16.7. The molecule has 0 bridgehead atoms. The van der Waals surface area contributed by atoms with Gasteiger partial charge in [0.15, 0.2) is 0 Å². The van der Waals surface area contributed by atoms with Gasteiger partial charge < -0.3 is 0 Å². The van der Waals surface area contributed by atoms with Crippen LogP contribution in [0.3, 0.4) is 0 Å². The van der Waals surface area contributed by atoms with Crippen molar-refractivity contribution in [2.24, 2.45) is 27.6 Å². The van der Waals surface area contributed by atoms with E-state index < -0.39 is 0 Å². The Kier molecular flexibility index (Phi) is 5.63. The van der Waals surface area contributed by atoms with Crippen LogP contribution < -0.4 is 0 Å². The molecule has 1 fully saturated rings. The van der Waals surface area contributed by atoms with Gasteiger partial charge in [0, 0.05) is 11.3 Å². The molecule has 0 aromatic rings. The molecule has 0 aromatic carbocycles. The Morgan fingerprint density at radius 2 is 1.27 bits per heavy atom. The quantitative estimate of drug-likeness (QED) is 0.570. The molecule has 1 nitrogen and oxygen atoms in total. The maximum atomic E-state index is 12.6. The molecule has 1 rings (SSSR count). The number of hydrogen-bond acceptors (Lipinski definition) is 1. The van der Waals surface area contributed by atoms with Crippen LogP contribution in [0.25, 0.3) is 0 Å². The Morgan fingerprint density at radius 3 is 1.59 bits per heavy atom. The van der Waals surface area contributed by atoms with Gasteiger partial charge in [0.1, 0.15) is 5.78 Å². The molecule has 0 aromatic heterocycles. The van der Waals surface area contributed by atoms with Crippen LogP contribution in [0.2, 0.25) is 0 Å². The molecule has 0 aliphatic heterocycles. The maximum absolute atomic E-state index is 12.6. The zero-order valence-electron chi connectivity index (χ0n) is 16.7. The van der Waals surface area contributed by atoms with Crippen molar-refractivity contribution < 1.29 is 4.79 Å². The highest BCUT2D eigenvalue weighted by Crippen LogP contribution is 2.57. The summed E-state index contributed by atoms with van der Waals surface area (Å²) < 4.78 is 0. The average molecular weight is 309 g/mol. The van der Waals surface area contributed by atoms with Gasteiger partial charge in [-0.15, -0.1) is 0 Å². The van der Waals surface area contributed by atoms with Gasteiger partial charge in [0.2, 0.25) is 0 Å². The van der Waals surface area contributed by atoms with Crippen LogP contribution in [0.4, 0.5) is 0 Å². The van der Waals surface area contributed by atoms with Gasteiger partial charge in [-0.05, 0) is 41.9 Å². The fourth-order valence-electron chi connectivity index (χ4n) is 4.46. The molecule has 0 atom stereocenters. The van der Waals surface area contributed by atoms with Gasteiger partial charge in [-0.3, -0.25) is 4.79 Å². The minimum atomic E-state index is -0.0820. The molecule has 22 heavy (non-hydrogen) atoms. The van der Waals surface area contributed by atoms with Gasteiger partial charge in [-0.1, -0.05) is 75.2 Å². The lowest BCUT2D eigenvalue weighted by molar-refractivity contribution is -0.133. The van der Waals surface area contributed by atoms with Crippen LogP contribution >= 0.6 is 0 Å². The van der Waals surface area contributed by atoms with E-state index in [4.69, 9.17) is 0 Å². The third-order valence-electron chi connectivity index (χ3n) is 7.42. The van der Waals surface area contributed by atoms with E-state index in [0.717, 1.165) is 12.8 Å². The second-order valence-electron chi connectivity index (χ2n) is 10.2. The summed E-state index contributed by atoms with van der Waals surface area (Å²) in [4.78, 5) is 12.6. The van der Waals surface area contributed by atoms with Crippen LogP contribution in [-0.2, 0) is 4.79 Å². The monoisotopic (exact) mass is 308 g/mol. The molecule has 1 heteroatoms. The highest BCUT2D eigenvalue weighted by atomic mass is 16.1. The second kappa shape index (κ2) is 6.29. The maximum Gasteiger partial charge on any atom is 0.141 e. The molecule has 0 amide bonds. The molecule has 0 heterocycles. The number of rotatable bonds is 3. The van der Waals surface area contributed by atoms with Crippen molar-refractivity contribution in [3.05, 3.63) is 0 Å². The van der Waals surface area contributed by atoms with E-state index in [1.54, 1.807) is 0 Å². The summed E-state index contributed by atoms with van der Waals surface area (Å²) in [7, 11) is 0. The summed E-state index contributed by atoms with van der Waals surface area (Å²) in [6.45, 7) is 20.9. The fourth-order valence-corrected chi connectivity index (χ4v) is 4.46. The largest absolute Gasteiger partial charge is 0.299 e. The zero-order chi connectivity index (χ0) is 17.4. The molecule has 1 aliphatic carbocycles. The number of carbonyl (C=O) groups is 1.